The van der Waals surface area contributed by atoms with Crippen LogP contribution in [0.5, 0.6) is 0 Å². The van der Waals surface area contributed by atoms with E-state index in [0.717, 1.165) is 11.1 Å². The molecule has 0 spiro atoms. The van der Waals surface area contributed by atoms with Crippen LogP contribution in [0.2, 0.25) is 5.02 Å². The van der Waals surface area contributed by atoms with Crippen molar-refractivity contribution in [1.82, 2.24) is 10.2 Å². The van der Waals surface area contributed by atoms with E-state index in [1.54, 1.807) is 30.3 Å². The number of urea groups is 1. The zero-order chi connectivity index (χ0) is 24.9. The molecule has 0 aliphatic carbocycles. The Morgan fingerprint density at radius 1 is 1.00 bits per heavy atom. The number of nitrogens with zero attached hydrogens (tertiary/aromatic N) is 1. The number of rotatable bonds is 6. The van der Waals surface area contributed by atoms with Gasteiger partial charge < -0.3 is 20.6 Å². The lowest BCUT2D eigenvalue weighted by Gasteiger charge is -2.24. The summed E-state index contributed by atoms with van der Waals surface area (Å²) in [5, 5.41) is 14.8. The zero-order valence-corrected chi connectivity index (χ0v) is 19.4. The first-order chi connectivity index (χ1) is 16.8. The Kier molecular flexibility index (Phi) is 7.31. The van der Waals surface area contributed by atoms with E-state index < -0.39 is 23.9 Å². The molecule has 0 bridgehead atoms. The van der Waals surface area contributed by atoms with Gasteiger partial charge in [-0.15, -0.1) is 0 Å². The van der Waals surface area contributed by atoms with Crippen LogP contribution in [0.25, 0.3) is 11.1 Å². The fourth-order valence-electron chi connectivity index (χ4n) is 4.00. The van der Waals surface area contributed by atoms with Gasteiger partial charge in [0.1, 0.15) is 11.9 Å². The molecular weight excluding hydrogens is 473 g/mol. The number of anilines is 1. The summed E-state index contributed by atoms with van der Waals surface area (Å²) in [6.07, 6.45) is 1.22. The minimum absolute atomic E-state index is 0.0123. The highest BCUT2D eigenvalue weighted by Crippen LogP contribution is 2.24. The molecule has 1 atom stereocenters. The van der Waals surface area contributed by atoms with Crippen molar-refractivity contribution < 1.29 is 23.9 Å². The van der Waals surface area contributed by atoms with Crippen LogP contribution in [0.4, 0.5) is 14.9 Å². The largest absolute Gasteiger partial charge is 0.478 e. The highest BCUT2D eigenvalue weighted by molar-refractivity contribution is 6.30. The summed E-state index contributed by atoms with van der Waals surface area (Å²) in [4.78, 5) is 38.0. The molecule has 3 aromatic carbocycles. The summed E-state index contributed by atoms with van der Waals surface area (Å²) in [7, 11) is 0. The lowest BCUT2D eigenvalue weighted by Crippen LogP contribution is -2.47. The second-order valence-corrected chi connectivity index (χ2v) is 8.63. The average molecular weight is 496 g/mol. The molecule has 1 saturated heterocycles. The number of amides is 3. The van der Waals surface area contributed by atoms with Crippen LogP contribution < -0.4 is 10.6 Å². The molecule has 4 rings (SSSR count). The lowest BCUT2D eigenvalue weighted by molar-refractivity contribution is -0.119. The van der Waals surface area contributed by atoms with Crippen molar-refractivity contribution in [3.8, 4) is 11.1 Å². The normalized spacial score (nSPS) is 15.0. The molecule has 3 amide bonds. The molecule has 1 aliphatic heterocycles. The number of carboxylic acid groups (broad SMARTS) is 1. The Bertz CT molecular complexity index is 1250. The van der Waals surface area contributed by atoms with Crippen LogP contribution in [0.15, 0.2) is 66.7 Å². The van der Waals surface area contributed by atoms with Gasteiger partial charge in [-0.3, -0.25) is 4.79 Å². The third-order valence-corrected chi connectivity index (χ3v) is 6.11. The topological polar surface area (TPSA) is 98.7 Å². The molecule has 0 aromatic heterocycles. The molecule has 1 heterocycles. The first kappa shape index (κ1) is 24.2. The maximum absolute atomic E-state index is 14.0. The van der Waals surface area contributed by atoms with Gasteiger partial charge in [-0.2, -0.15) is 0 Å². The first-order valence-corrected chi connectivity index (χ1v) is 11.4. The Balaban J connectivity index is 1.36. The molecule has 0 radical (unpaired) electrons. The summed E-state index contributed by atoms with van der Waals surface area (Å²) < 4.78 is 14.0. The standard InChI is InChI=1S/C26H23ClFN3O4/c27-20-10-7-19(22(28)14-20)15-29-26(35)31-13-1-2-23(31)24(32)30-21-11-8-17(9-12-21)16-3-5-18(6-4-16)25(33)34/h3-12,14,23H,1-2,13,15H2,(H,29,35)(H,30,32)(H,33,34)/t23-/m1/s1. The summed E-state index contributed by atoms with van der Waals surface area (Å²) in [5.41, 5.74) is 2.82. The van der Waals surface area contributed by atoms with Gasteiger partial charge in [0.2, 0.25) is 5.91 Å². The Morgan fingerprint density at radius 3 is 2.29 bits per heavy atom. The smallest absolute Gasteiger partial charge is 0.335 e. The molecule has 0 saturated carbocycles. The van der Waals surface area contributed by atoms with Crippen LogP contribution in [0, 0.1) is 5.82 Å². The Hall–Kier alpha value is -3.91. The van der Waals surface area contributed by atoms with Crippen molar-refractivity contribution in [3.63, 3.8) is 0 Å². The lowest BCUT2D eigenvalue weighted by atomic mass is 10.0. The van der Waals surface area contributed by atoms with Gasteiger partial charge >= 0.3 is 12.0 Å². The molecule has 1 fully saturated rings. The van der Waals surface area contributed by atoms with Crippen molar-refractivity contribution in [2.45, 2.75) is 25.4 Å². The SMILES string of the molecule is O=C(O)c1ccc(-c2ccc(NC(=O)[C@H]3CCCN3C(=O)NCc3ccc(Cl)cc3F)cc2)cc1. The molecule has 35 heavy (non-hydrogen) atoms. The molecular formula is C26H23ClFN3O4. The minimum Gasteiger partial charge on any atom is -0.478 e. The van der Waals surface area contributed by atoms with Gasteiger partial charge in [-0.05, 0) is 60.4 Å². The predicted molar refractivity (Wildman–Crippen MR) is 131 cm³/mol. The highest BCUT2D eigenvalue weighted by Gasteiger charge is 2.34. The second kappa shape index (κ2) is 10.6. The number of carbonyl (C=O) groups excluding carboxylic acids is 2. The number of aromatic carboxylic acids is 1. The Morgan fingerprint density at radius 2 is 1.66 bits per heavy atom. The van der Waals surface area contributed by atoms with Gasteiger partial charge in [-0.25, -0.2) is 14.0 Å². The number of benzene rings is 3. The summed E-state index contributed by atoms with van der Waals surface area (Å²) in [6, 6.07) is 16.9. The van der Waals surface area contributed by atoms with Gasteiger partial charge in [0.15, 0.2) is 0 Å². The number of hydrogen-bond donors (Lipinski definition) is 3. The highest BCUT2D eigenvalue weighted by atomic mass is 35.5. The van der Waals surface area contributed by atoms with E-state index in [1.165, 1.54) is 29.2 Å². The van der Waals surface area contributed by atoms with Gasteiger partial charge in [0, 0.05) is 29.4 Å². The maximum Gasteiger partial charge on any atom is 0.335 e. The maximum atomic E-state index is 14.0. The number of likely N-dealkylation sites (tertiary alicyclic amines) is 1. The Labute approximate surface area is 206 Å². The van der Waals surface area contributed by atoms with Crippen molar-refractivity contribution in [3.05, 3.63) is 88.7 Å². The number of halogens is 2. The number of nitrogens with one attached hydrogen (secondary N) is 2. The van der Waals surface area contributed by atoms with E-state index in [4.69, 9.17) is 16.7 Å². The van der Waals surface area contributed by atoms with Crippen molar-refractivity contribution >= 4 is 35.2 Å². The summed E-state index contributed by atoms with van der Waals surface area (Å²) in [5.74, 6) is -1.79. The zero-order valence-electron chi connectivity index (χ0n) is 18.6. The van der Waals surface area contributed by atoms with E-state index in [9.17, 15) is 18.8 Å². The predicted octanol–water partition coefficient (Wildman–Crippen LogP) is 5.16. The monoisotopic (exact) mass is 495 g/mol. The molecule has 9 heteroatoms. The fraction of sp³-hybridized carbons (Fsp3) is 0.192. The molecule has 1 aliphatic rings. The van der Waals surface area contributed by atoms with E-state index in [2.05, 4.69) is 10.6 Å². The minimum atomic E-state index is -0.985. The van der Waals surface area contributed by atoms with Gasteiger partial charge in [0.05, 0.1) is 5.56 Å². The molecule has 0 unspecified atom stereocenters. The van der Waals surface area contributed by atoms with Gasteiger partial charge in [0.25, 0.3) is 0 Å². The van der Waals surface area contributed by atoms with Crippen LogP contribution in [0.1, 0.15) is 28.8 Å². The van der Waals surface area contributed by atoms with Crippen LogP contribution >= 0.6 is 11.6 Å². The fourth-order valence-corrected chi connectivity index (χ4v) is 4.16. The quantitative estimate of drug-likeness (QED) is 0.440. The van der Waals surface area contributed by atoms with Crippen molar-refractivity contribution in [2.24, 2.45) is 0 Å². The van der Waals surface area contributed by atoms with E-state index >= 15 is 0 Å². The van der Waals surface area contributed by atoms with Crippen molar-refractivity contribution in [2.75, 3.05) is 11.9 Å². The molecule has 3 aromatic rings. The van der Waals surface area contributed by atoms with E-state index in [1.807, 2.05) is 12.1 Å². The van der Waals surface area contributed by atoms with Crippen LogP contribution in [0.3, 0.4) is 0 Å². The number of hydrogen-bond acceptors (Lipinski definition) is 3. The third kappa shape index (κ3) is 5.78. The number of carboxylic acids is 1. The molecule has 7 nitrogen and oxygen atoms in total. The van der Waals surface area contributed by atoms with E-state index in [0.29, 0.717) is 30.6 Å². The average Bonchev–Trinajstić information content (AvgIpc) is 3.34. The molecule has 180 valence electrons. The van der Waals surface area contributed by atoms with Crippen LogP contribution in [-0.4, -0.2) is 40.5 Å². The van der Waals surface area contributed by atoms with Crippen molar-refractivity contribution in [1.29, 1.82) is 0 Å². The second-order valence-electron chi connectivity index (χ2n) is 8.19. The summed E-state index contributed by atoms with van der Waals surface area (Å²) in [6.45, 7) is 0.417. The van der Waals surface area contributed by atoms with Crippen LogP contribution in [-0.2, 0) is 11.3 Å². The first-order valence-electron chi connectivity index (χ1n) is 11.0. The van der Waals surface area contributed by atoms with E-state index in [-0.39, 0.29) is 23.0 Å². The third-order valence-electron chi connectivity index (χ3n) is 5.88. The number of carbonyl (C=O) groups is 3. The van der Waals surface area contributed by atoms with Gasteiger partial charge in [-0.1, -0.05) is 41.9 Å². The molecule has 3 N–H and O–H groups in total. The summed E-state index contributed by atoms with van der Waals surface area (Å²) >= 11 is 5.76.